The lowest BCUT2D eigenvalue weighted by molar-refractivity contribution is -0.179. The van der Waals surface area contributed by atoms with Crippen molar-refractivity contribution in [2.75, 3.05) is 7.11 Å². The number of fused-ring (bicyclic) bond motifs is 2. The molecule has 11 heteroatoms. The number of nitrogens with one attached hydrogen (secondary N) is 1. The Morgan fingerprint density at radius 1 is 1.17 bits per heavy atom. The number of amides is 1. The van der Waals surface area contributed by atoms with E-state index in [1.807, 2.05) is 35.8 Å². The Labute approximate surface area is 206 Å². The molecule has 4 heterocycles. The van der Waals surface area contributed by atoms with Gasteiger partial charge in [0.15, 0.2) is 5.82 Å². The minimum absolute atomic E-state index is 0.0181. The molecule has 2 aliphatic rings. The maximum absolute atomic E-state index is 13.1. The fraction of sp³-hybridized carbons (Fsp3) is 0.520. The van der Waals surface area contributed by atoms with Crippen LogP contribution in [0.2, 0.25) is 0 Å². The van der Waals surface area contributed by atoms with Gasteiger partial charge in [0, 0.05) is 38.6 Å². The summed E-state index contributed by atoms with van der Waals surface area (Å²) in [6.45, 7) is 3.14. The van der Waals surface area contributed by atoms with Gasteiger partial charge >= 0.3 is 6.18 Å². The molecule has 0 spiro atoms. The zero-order valence-corrected chi connectivity index (χ0v) is 20.3. The second kappa shape index (κ2) is 9.68. The van der Waals surface area contributed by atoms with E-state index < -0.39 is 12.1 Å². The van der Waals surface area contributed by atoms with Crippen molar-refractivity contribution in [1.82, 2.24) is 29.6 Å². The lowest BCUT2D eigenvalue weighted by atomic mass is 9.98. The third-order valence-electron chi connectivity index (χ3n) is 7.07. The second-order valence-electron chi connectivity index (χ2n) is 9.37. The molecule has 1 amide bonds. The number of benzene rings is 1. The fourth-order valence-corrected chi connectivity index (χ4v) is 4.96. The summed E-state index contributed by atoms with van der Waals surface area (Å²) >= 11 is 0. The average Bonchev–Trinajstić information content (AvgIpc) is 3.47. The van der Waals surface area contributed by atoms with Gasteiger partial charge in [0.2, 0.25) is 0 Å². The minimum Gasteiger partial charge on any atom is -0.380 e. The van der Waals surface area contributed by atoms with E-state index in [1.54, 1.807) is 11.8 Å². The summed E-state index contributed by atoms with van der Waals surface area (Å²) in [5, 5.41) is 7.39. The van der Waals surface area contributed by atoms with Gasteiger partial charge in [0.1, 0.15) is 17.3 Å². The number of aryl methyl sites for hydroxylation is 3. The molecule has 1 aromatic carbocycles. The van der Waals surface area contributed by atoms with E-state index in [1.165, 1.54) is 0 Å². The predicted molar refractivity (Wildman–Crippen MR) is 125 cm³/mol. The average molecular weight is 503 g/mol. The zero-order chi connectivity index (χ0) is 25.4. The van der Waals surface area contributed by atoms with E-state index in [0.717, 1.165) is 35.5 Å². The highest BCUT2D eigenvalue weighted by Gasteiger charge is 2.42. The van der Waals surface area contributed by atoms with Gasteiger partial charge < -0.3 is 14.6 Å². The van der Waals surface area contributed by atoms with Crippen molar-refractivity contribution in [2.24, 2.45) is 5.92 Å². The smallest absolute Gasteiger partial charge is 0.380 e. The van der Waals surface area contributed by atoms with Crippen molar-refractivity contribution in [1.29, 1.82) is 0 Å². The van der Waals surface area contributed by atoms with E-state index >= 15 is 0 Å². The summed E-state index contributed by atoms with van der Waals surface area (Å²) in [4.78, 5) is 22.1. The Morgan fingerprint density at radius 3 is 2.64 bits per heavy atom. The van der Waals surface area contributed by atoms with Gasteiger partial charge in [-0.1, -0.05) is 31.2 Å². The first kappa shape index (κ1) is 24.5. The van der Waals surface area contributed by atoms with Gasteiger partial charge in [0.05, 0.1) is 24.3 Å². The first-order valence-electron chi connectivity index (χ1n) is 12.3. The molecule has 0 aliphatic carbocycles. The number of hydrogen-bond donors (Lipinski definition) is 1. The Hall–Kier alpha value is -3.21. The van der Waals surface area contributed by atoms with Gasteiger partial charge in [0.25, 0.3) is 5.91 Å². The fourth-order valence-electron chi connectivity index (χ4n) is 4.96. The monoisotopic (exact) mass is 502 g/mol. The van der Waals surface area contributed by atoms with Crippen LogP contribution in [0, 0.1) is 5.92 Å². The molecule has 2 aliphatic heterocycles. The Bertz CT molecular complexity index is 1250. The van der Waals surface area contributed by atoms with Crippen LogP contribution in [0.1, 0.15) is 53.2 Å². The first-order chi connectivity index (χ1) is 17.3. The van der Waals surface area contributed by atoms with E-state index in [4.69, 9.17) is 4.74 Å². The molecule has 0 saturated carbocycles. The number of carbonyl (C=O) groups is 1. The van der Waals surface area contributed by atoms with Crippen LogP contribution in [0.25, 0.3) is 11.4 Å². The van der Waals surface area contributed by atoms with Crippen molar-refractivity contribution >= 4 is 5.91 Å². The molecular formula is C25H29F3N6O2. The third-order valence-corrected chi connectivity index (χ3v) is 7.07. The quantitative estimate of drug-likeness (QED) is 0.555. The molecule has 3 aromatic rings. The van der Waals surface area contributed by atoms with Gasteiger partial charge in [-0.2, -0.15) is 18.3 Å². The largest absolute Gasteiger partial charge is 0.392 e. The Kier molecular flexibility index (Phi) is 6.59. The number of ether oxygens (including phenoxy) is 1. The maximum atomic E-state index is 13.1. The molecule has 0 saturated heterocycles. The van der Waals surface area contributed by atoms with Crippen molar-refractivity contribution in [3.05, 3.63) is 52.9 Å². The van der Waals surface area contributed by atoms with E-state index in [9.17, 15) is 18.0 Å². The Balaban J connectivity index is 1.25. The summed E-state index contributed by atoms with van der Waals surface area (Å²) in [6.07, 6.45) is -1.95. The Morgan fingerprint density at radius 2 is 1.94 bits per heavy atom. The highest BCUT2D eigenvalue weighted by atomic mass is 19.4. The number of alkyl halides is 3. The first-order valence-corrected chi connectivity index (χ1v) is 12.3. The van der Waals surface area contributed by atoms with Crippen LogP contribution < -0.4 is 5.32 Å². The molecular weight excluding hydrogens is 473 g/mol. The number of nitrogens with zero attached hydrogens (tertiary/aromatic N) is 5. The highest BCUT2D eigenvalue weighted by Crippen LogP contribution is 2.35. The van der Waals surface area contributed by atoms with E-state index in [0.29, 0.717) is 36.9 Å². The number of imidazole rings is 1. The van der Waals surface area contributed by atoms with Crippen LogP contribution >= 0.6 is 0 Å². The van der Waals surface area contributed by atoms with Gasteiger partial charge in [-0.3, -0.25) is 4.79 Å². The summed E-state index contributed by atoms with van der Waals surface area (Å²) in [7, 11) is 1.68. The van der Waals surface area contributed by atoms with Gasteiger partial charge in [-0.05, 0) is 24.8 Å². The van der Waals surface area contributed by atoms with Crippen LogP contribution in [0.3, 0.4) is 0 Å². The van der Waals surface area contributed by atoms with Crippen molar-refractivity contribution in [3.8, 4) is 11.4 Å². The topological polar surface area (TPSA) is 86.9 Å². The summed E-state index contributed by atoms with van der Waals surface area (Å²) in [5.74, 6) is 0.152. The molecule has 192 valence electrons. The summed E-state index contributed by atoms with van der Waals surface area (Å²) < 4.78 is 48.3. The zero-order valence-electron chi connectivity index (χ0n) is 20.3. The number of hydrogen-bond acceptors (Lipinski definition) is 5. The number of methoxy groups -OCH3 is 1. The SMILES string of the molecule is CCc1nc2n(c1C(=O)NCc1ccc(-c3nc4n(n3)CC[C@H](C(F)(F)F)C4)cc1)C[C@H](OC)CC2. The molecule has 0 unspecified atom stereocenters. The predicted octanol–water partition coefficient (Wildman–Crippen LogP) is 3.72. The number of halogens is 3. The molecule has 2 atom stereocenters. The number of rotatable bonds is 6. The number of carbonyl (C=O) groups excluding carboxylic acids is 1. The number of aromatic nitrogens is 5. The minimum atomic E-state index is -4.22. The van der Waals surface area contributed by atoms with Crippen LogP contribution in [0.15, 0.2) is 24.3 Å². The van der Waals surface area contributed by atoms with Crippen molar-refractivity contribution < 1.29 is 22.7 Å². The molecule has 0 fully saturated rings. The van der Waals surface area contributed by atoms with Crippen LogP contribution in [-0.4, -0.2) is 49.6 Å². The van der Waals surface area contributed by atoms with Crippen LogP contribution in [-0.2, 0) is 43.6 Å². The van der Waals surface area contributed by atoms with Crippen molar-refractivity contribution in [3.63, 3.8) is 0 Å². The summed E-state index contributed by atoms with van der Waals surface area (Å²) in [5.41, 5.74) is 2.99. The normalized spacial score (nSPS) is 19.6. The van der Waals surface area contributed by atoms with E-state index in [2.05, 4.69) is 20.4 Å². The molecule has 2 aromatic heterocycles. The standard InChI is InChI=1S/C25H29F3N6O2/c1-3-19-22(33-14-18(36-2)8-9-20(33)30-19)24(35)29-13-15-4-6-16(7-5-15)23-31-21-12-17(25(26,27)28)10-11-34(21)32-23/h4-7,17-18H,3,8-14H2,1-2H3,(H,29,35)/t17-,18+/m0/s1. The van der Waals surface area contributed by atoms with Crippen LogP contribution in [0.4, 0.5) is 13.2 Å². The molecule has 36 heavy (non-hydrogen) atoms. The van der Waals surface area contributed by atoms with E-state index in [-0.39, 0.29) is 31.4 Å². The molecule has 8 nitrogen and oxygen atoms in total. The summed E-state index contributed by atoms with van der Waals surface area (Å²) in [6, 6.07) is 7.38. The van der Waals surface area contributed by atoms with Gasteiger partial charge in [-0.25, -0.2) is 14.6 Å². The molecule has 0 bridgehead atoms. The lowest BCUT2D eigenvalue weighted by Crippen LogP contribution is -2.32. The molecule has 5 rings (SSSR count). The second-order valence-corrected chi connectivity index (χ2v) is 9.37. The molecule has 1 N–H and O–H groups in total. The maximum Gasteiger partial charge on any atom is 0.392 e. The van der Waals surface area contributed by atoms with Gasteiger partial charge in [-0.15, -0.1) is 0 Å². The third kappa shape index (κ3) is 4.76. The highest BCUT2D eigenvalue weighted by molar-refractivity contribution is 5.94. The van der Waals surface area contributed by atoms with Crippen LogP contribution in [0.5, 0.6) is 0 Å². The molecule has 0 radical (unpaired) electrons. The lowest BCUT2D eigenvalue weighted by Gasteiger charge is -2.24. The van der Waals surface area contributed by atoms with Crippen molar-refractivity contribution in [2.45, 2.75) is 70.9 Å².